The van der Waals surface area contributed by atoms with Crippen molar-refractivity contribution in [3.05, 3.63) is 35.4 Å². The second-order valence-electron chi connectivity index (χ2n) is 11.9. The Morgan fingerprint density at radius 2 is 1.71 bits per heavy atom. The van der Waals surface area contributed by atoms with E-state index in [-0.39, 0.29) is 17.0 Å². The zero-order chi connectivity index (χ0) is 21.9. The van der Waals surface area contributed by atoms with E-state index in [2.05, 4.69) is 29.2 Å². The van der Waals surface area contributed by atoms with Crippen molar-refractivity contribution >= 4 is 6.09 Å². The highest BCUT2D eigenvalue weighted by Gasteiger charge is 2.55. The molecule has 4 fully saturated rings. The van der Waals surface area contributed by atoms with Crippen LogP contribution in [0.15, 0.2) is 24.3 Å². The molecule has 1 amide bonds. The average molecular weight is 426 g/mol. The van der Waals surface area contributed by atoms with Gasteiger partial charge >= 0.3 is 6.09 Å². The summed E-state index contributed by atoms with van der Waals surface area (Å²) in [7, 11) is 0. The summed E-state index contributed by atoms with van der Waals surface area (Å²) in [6, 6.07) is 9.70. The van der Waals surface area contributed by atoms with Crippen LogP contribution in [0, 0.1) is 11.3 Å². The number of hydrogen-bond acceptors (Lipinski definition) is 4. The molecule has 0 radical (unpaired) electrons. The standard InChI is InChI=1S/C26H39N3O2/c1-24(2,3)31-23(30)29-17-25(18-29)15-28(16-25)22(14-19-6-4-5-7-19)20-8-10-21(11-9-20)26(27)12-13-26/h8-11,19,22H,4-7,12-18,27H2,1-3H3. The first-order valence-electron chi connectivity index (χ1n) is 12.3. The van der Waals surface area contributed by atoms with Crippen molar-refractivity contribution in [1.82, 2.24) is 9.80 Å². The van der Waals surface area contributed by atoms with E-state index in [1.54, 1.807) is 0 Å². The van der Waals surface area contributed by atoms with E-state index in [0.29, 0.717) is 6.04 Å². The Labute approximate surface area is 187 Å². The zero-order valence-corrected chi connectivity index (χ0v) is 19.5. The van der Waals surface area contributed by atoms with Crippen molar-refractivity contribution in [3.63, 3.8) is 0 Å². The first kappa shape index (κ1) is 21.3. The maximum atomic E-state index is 12.3. The van der Waals surface area contributed by atoms with Gasteiger partial charge in [-0.1, -0.05) is 49.9 Å². The third-order valence-electron chi connectivity index (χ3n) is 7.91. The predicted octanol–water partition coefficient (Wildman–Crippen LogP) is 4.81. The third-order valence-corrected chi connectivity index (χ3v) is 7.91. The molecular weight excluding hydrogens is 386 g/mol. The lowest BCUT2D eigenvalue weighted by atomic mass is 9.71. The van der Waals surface area contributed by atoms with Crippen LogP contribution in [0.5, 0.6) is 0 Å². The molecule has 5 heteroatoms. The molecule has 2 saturated heterocycles. The maximum Gasteiger partial charge on any atom is 0.410 e. The van der Waals surface area contributed by atoms with Crippen LogP contribution in [0.25, 0.3) is 0 Å². The Balaban J connectivity index is 1.22. The number of rotatable bonds is 5. The first-order valence-corrected chi connectivity index (χ1v) is 12.3. The lowest BCUT2D eigenvalue weighted by Crippen LogP contribution is -2.73. The van der Waals surface area contributed by atoms with Gasteiger partial charge in [-0.15, -0.1) is 0 Å². The molecule has 0 aromatic heterocycles. The number of ether oxygens (including phenoxy) is 1. The van der Waals surface area contributed by atoms with E-state index in [0.717, 1.165) is 44.9 Å². The molecule has 2 heterocycles. The summed E-state index contributed by atoms with van der Waals surface area (Å²) in [5.41, 5.74) is 8.94. The van der Waals surface area contributed by atoms with E-state index in [4.69, 9.17) is 10.5 Å². The van der Waals surface area contributed by atoms with Gasteiger partial charge in [-0.2, -0.15) is 0 Å². The summed E-state index contributed by atoms with van der Waals surface area (Å²) in [6.07, 6.45) is 8.87. The highest BCUT2D eigenvalue weighted by molar-refractivity contribution is 5.69. The molecule has 170 valence electrons. The molecule has 2 aliphatic carbocycles. The van der Waals surface area contributed by atoms with Gasteiger partial charge in [0.05, 0.1) is 0 Å². The fourth-order valence-electron chi connectivity index (χ4n) is 5.97. The Bertz CT molecular complexity index is 804. The topological polar surface area (TPSA) is 58.8 Å². The monoisotopic (exact) mass is 425 g/mol. The summed E-state index contributed by atoms with van der Waals surface area (Å²) < 4.78 is 5.54. The highest BCUT2D eigenvalue weighted by Crippen LogP contribution is 2.47. The van der Waals surface area contributed by atoms with Crippen molar-refractivity contribution in [2.24, 2.45) is 17.1 Å². The summed E-state index contributed by atoms with van der Waals surface area (Å²) in [4.78, 5) is 16.9. The molecule has 1 atom stereocenters. The van der Waals surface area contributed by atoms with E-state index in [9.17, 15) is 4.79 Å². The number of carbonyl (C=O) groups excluding carboxylic acids is 1. The van der Waals surface area contributed by atoms with Crippen molar-refractivity contribution in [2.75, 3.05) is 26.2 Å². The van der Waals surface area contributed by atoms with Crippen LogP contribution in [-0.4, -0.2) is 47.7 Å². The maximum absolute atomic E-state index is 12.3. The molecule has 0 bridgehead atoms. The van der Waals surface area contributed by atoms with Crippen molar-refractivity contribution in [2.45, 2.75) is 82.9 Å². The summed E-state index contributed by atoms with van der Waals surface area (Å²) >= 11 is 0. The fourth-order valence-corrected chi connectivity index (χ4v) is 5.97. The molecule has 5 nitrogen and oxygen atoms in total. The normalized spacial score (nSPS) is 25.7. The SMILES string of the molecule is CC(C)(C)OC(=O)N1CC2(C1)CN(C(CC1CCCC1)c1ccc(C3(N)CC3)cc1)C2. The van der Waals surface area contributed by atoms with Gasteiger partial charge in [-0.05, 0) is 57.1 Å². The summed E-state index contributed by atoms with van der Waals surface area (Å²) in [5.74, 6) is 0.852. The predicted molar refractivity (Wildman–Crippen MR) is 123 cm³/mol. The van der Waals surface area contributed by atoms with Crippen LogP contribution in [-0.2, 0) is 10.3 Å². The molecule has 5 rings (SSSR count). The van der Waals surface area contributed by atoms with E-state index in [1.165, 1.54) is 43.2 Å². The molecule has 1 spiro atoms. The van der Waals surface area contributed by atoms with Gasteiger partial charge in [-0.3, -0.25) is 4.90 Å². The number of amides is 1. The number of likely N-dealkylation sites (tertiary alicyclic amines) is 2. The highest BCUT2D eigenvalue weighted by atomic mass is 16.6. The largest absolute Gasteiger partial charge is 0.444 e. The lowest BCUT2D eigenvalue weighted by molar-refractivity contribution is -0.129. The Morgan fingerprint density at radius 3 is 2.26 bits per heavy atom. The number of benzene rings is 1. The number of nitrogens with two attached hydrogens (primary N) is 1. The molecule has 1 aromatic rings. The smallest absolute Gasteiger partial charge is 0.410 e. The van der Waals surface area contributed by atoms with Crippen LogP contribution < -0.4 is 5.73 Å². The van der Waals surface area contributed by atoms with Gasteiger partial charge in [0.25, 0.3) is 0 Å². The van der Waals surface area contributed by atoms with Crippen LogP contribution in [0.4, 0.5) is 4.79 Å². The average Bonchev–Trinajstić information content (AvgIpc) is 3.18. The van der Waals surface area contributed by atoms with Crippen LogP contribution in [0.2, 0.25) is 0 Å². The van der Waals surface area contributed by atoms with Crippen molar-refractivity contribution in [3.8, 4) is 0 Å². The van der Waals surface area contributed by atoms with Crippen molar-refractivity contribution < 1.29 is 9.53 Å². The minimum Gasteiger partial charge on any atom is -0.444 e. The Hall–Kier alpha value is -1.59. The molecule has 4 aliphatic rings. The molecule has 2 aliphatic heterocycles. The Morgan fingerprint density at radius 1 is 1.10 bits per heavy atom. The molecule has 1 aromatic carbocycles. The minimum atomic E-state index is -0.424. The second-order valence-corrected chi connectivity index (χ2v) is 11.9. The summed E-state index contributed by atoms with van der Waals surface area (Å²) in [5, 5.41) is 0. The quantitative estimate of drug-likeness (QED) is 0.736. The molecule has 31 heavy (non-hydrogen) atoms. The lowest BCUT2D eigenvalue weighted by Gasteiger charge is -2.61. The van der Waals surface area contributed by atoms with Crippen LogP contribution >= 0.6 is 0 Å². The number of nitrogens with zero attached hydrogens (tertiary/aromatic N) is 2. The van der Waals surface area contributed by atoms with E-state index < -0.39 is 5.60 Å². The number of carbonyl (C=O) groups is 1. The first-order chi connectivity index (χ1) is 14.6. The fraction of sp³-hybridized carbons (Fsp3) is 0.731. The van der Waals surface area contributed by atoms with Gasteiger partial charge in [0, 0.05) is 43.2 Å². The van der Waals surface area contributed by atoms with Gasteiger partial charge in [0.15, 0.2) is 0 Å². The molecule has 2 saturated carbocycles. The van der Waals surface area contributed by atoms with Crippen LogP contribution in [0.3, 0.4) is 0 Å². The van der Waals surface area contributed by atoms with Crippen molar-refractivity contribution in [1.29, 1.82) is 0 Å². The summed E-state index contributed by atoms with van der Waals surface area (Å²) in [6.45, 7) is 9.64. The van der Waals surface area contributed by atoms with E-state index >= 15 is 0 Å². The van der Waals surface area contributed by atoms with Crippen LogP contribution in [0.1, 0.15) is 82.9 Å². The van der Waals surface area contributed by atoms with Gasteiger partial charge < -0.3 is 15.4 Å². The zero-order valence-electron chi connectivity index (χ0n) is 19.5. The molecular formula is C26H39N3O2. The molecule has 1 unspecified atom stereocenters. The van der Waals surface area contributed by atoms with E-state index in [1.807, 2.05) is 25.7 Å². The minimum absolute atomic E-state index is 0.0582. The van der Waals surface area contributed by atoms with Gasteiger partial charge in [0.1, 0.15) is 5.60 Å². The van der Waals surface area contributed by atoms with Gasteiger partial charge in [-0.25, -0.2) is 4.79 Å². The molecule has 2 N–H and O–H groups in total. The Kier molecular flexibility index (Phi) is 5.13. The van der Waals surface area contributed by atoms with Gasteiger partial charge in [0.2, 0.25) is 0 Å². The second kappa shape index (κ2) is 7.48. The third kappa shape index (κ3) is 4.36. The number of hydrogen-bond donors (Lipinski definition) is 1.